The fourth-order valence-electron chi connectivity index (χ4n) is 2.00. The molecule has 0 aliphatic carbocycles. The smallest absolute Gasteiger partial charge is 0.262 e. The highest BCUT2D eigenvalue weighted by atomic mass is 79.9. The summed E-state index contributed by atoms with van der Waals surface area (Å²) in [5.41, 5.74) is 3.55. The van der Waals surface area contributed by atoms with Crippen LogP contribution in [0.5, 0.6) is 5.75 Å². The maximum absolute atomic E-state index is 9.91. The number of aryl methyl sites for hydroxylation is 2. The van der Waals surface area contributed by atoms with E-state index in [0.29, 0.717) is 17.3 Å². The molecule has 1 N–H and O–H groups in total. The van der Waals surface area contributed by atoms with Crippen molar-refractivity contribution in [2.45, 2.75) is 13.8 Å². The summed E-state index contributed by atoms with van der Waals surface area (Å²) in [6.07, 6.45) is 0. The van der Waals surface area contributed by atoms with Crippen LogP contribution in [0, 0.1) is 13.8 Å². The molecule has 1 aromatic heterocycles. The second-order valence-electron chi connectivity index (χ2n) is 4.91. The van der Waals surface area contributed by atoms with E-state index in [4.69, 9.17) is 4.52 Å². The Hall–Kier alpha value is -2.14. The third kappa shape index (κ3) is 2.69. The van der Waals surface area contributed by atoms with Crippen LogP contribution in [0.4, 0.5) is 0 Å². The molecule has 2 aromatic carbocycles. The van der Waals surface area contributed by atoms with Crippen LogP contribution in [0.1, 0.15) is 11.1 Å². The van der Waals surface area contributed by atoms with Crippen molar-refractivity contribution in [2.75, 3.05) is 0 Å². The monoisotopic (exact) mass is 344 g/mol. The van der Waals surface area contributed by atoms with E-state index in [1.54, 1.807) is 6.07 Å². The number of phenols is 1. The Morgan fingerprint density at radius 1 is 1.10 bits per heavy atom. The molecule has 0 fully saturated rings. The molecule has 0 amide bonds. The molecule has 0 aliphatic rings. The van der Waals surface area contributed by atoms with Crippen LogP contribution in [0.2, 0.25) is 0 Å². The van der Waals surface area contributed by atoms with Gasteiger partial charge in [-0.25, -0.2) is 0 Å². The van der Waals surface area contributed by atoms with Crippen molar-refractivity contribution in [2.24, 2.45) is 0 Å². The molecule has 0 saturated carbocycles. The van der Waals surface area contributed by atoms with Gasteiger partial charge in [-0.1, -0.05) is 44.8 Å². The first-order valence-electron chi connectivity index (χ1n) is 6.45. The maximum atomic E-state index is 9.91. The molecule has 106 valence electrons. The molecule has 0 spiro atoms. The predicted molar refractivity (Wildman–Crippen MR) is 84.0 cm³/mol. The lowest BCUT2D eigenvalue weighted by molar-refractivity contribution is 0.425. The minimum atomic E-state index is 0.126. The summed E-state index contributed by atoms with van der Waals surface area (Å²) >= 11 is 3.49. The highest BCUT2D eigenvalue weighted by Crippen LogP contribution is 2.31. The molecule has 3 rings (SSSR count). The van der Waals surface area contributed by atoms with Crippen molar-refractivity contribution in [3.63, 3.8) is 0 Å². The van der Waals surface area contributed by atoms with Gasteiger partial charge >= 0.3 is 0 Å². The van der Waals surface area contributed by atoms with Gasteiger partial charge in [0.25, 0.3) is 5.89 Å². The van der Waals surface area contributed by atoms with E-state index in [-0.39, 0.29) is 5.75 Å². The number of hydrogen-bond donors (Lipinski definition) is 1. The number of aromatic nitrogens is 2. The van der Waals surface area contributed by atoms with E-state index in [1.165, 1.54) is 0 Å². The molecular weight excluding hydrogens is 332 g/mol. The Labute approximate surface area is 130 Å². The van der Waals surface area contributed by atoms with E-state index in [9.17, 15) is 5.11 Å². The van der Waals surface area contributed by atoms with Crippen molar-refractivity contribution in [1.82, 2.24) is 10.1 Å². The molecule has 0 bridgehead atoms. The summed E-state index contributed by atoms with van der Waals surface area (Å²) in [6.45, 7) is 3.96. The van der Waals surface area contributed by atoms with Gasteiger partial charge in [-0.2, -0.15) is 4.98 Å². The standard InChI is InChI=1S/C16H13BrN2O2/c1-9-3-6-14(20)12(7-9)16-18-15(19-21-16)11-5-4-10(2)13(17)8-11/h3-8,20H,1-2H3. The molecule has 3 aromatic rings. The minimum absolute atomic E-state index is 0.126. The number of benzene rings is 2. The number of halogens is 1. The van der Waals surface area contributed by atoms with E-state index in [1.807, 2.05) is 44.2 Å². The Morgan fingerprint density at radius 2 is 1.90 bits per heavy atom. The maximum Gasteiger partial charge on any atom is 0.262 e. The first-order valence-corrected chi connectivity index (χ1v) is 7.24. The van der Waals surface area contributed by atoms with Crippen molar-refractivity contribution >= 4 is 15.9 Å². The largest absolute Gasteiger partial charge is 0.507 e. The van der Waals surface area contributed by atoms with Gasteiger partial charge in [0.15, 0.2) is 0 Å². The van der Waals surface area contributed by atoms with Gasteiger partial charge in [0.2, 0.25) is 5.82 Å². The van der Waals surface area contributed by atoms with Crippen LogP contribution in [0.25, 0.3) is 22.8 Å². The van der Waals surface area contributed by atoms with E-state index >= 15 is 0 Å². The average molecular weight is 345 g/mol. The fourth-order valence-corrected chi connectivity index (χ4v) is 2.38. The fraction of sp³-hybridized carbons (Fsp3) is 0.125. The molecule has 4 nitrogen and oxygen atoms in total. The zero-order chi connectivity index (χ0) is 15.0. The third-order valence-corrected chi connectivity index (χ3v) is 4.09. The normalized spacial score (nSPS) is 10.8. The van der Waals surface area contributed by atoms with Crippen LogP contribution >= 0.6 is 15.9 Å². The first kappa shape index (κ1) is 13.8. The van der Waals surface area contributed by atoms with Gasteiger partial charge in [0.05, 0.1) is 5.56 Å². The van der Waals surface area contributed by atoms with Crippen LogP contribution < -0.4 is 0 Å². The van der Waals surface area contributed by atoms with Crippen LogP contribution in [-0.2, 0) is 0 Å². The number of rotatable bonds is 2. The van der Waals surface area contributed by atoms with Gasteiger partial charge in [-0.05, 0) is 37.6 Å². The average Bonchev–Trinajstić information content (AvgIpc) is 2.94. The number of phenolic OH excluding ortho intramolecular Hbond substituents is 1. The van der Waals surface area contributed by atoms with Crippen molar-refractivity contribution in [3.05, 3.63) is 52.0 Å². The second kappa shape index (κ2) is 5.33. The molecule has 0 unspecified atom stereocenters. The molecule has 21 heavy (non-hydrogen) atoms. The zero-order valence-corrected chi connectivity index (χ0v) is 13.2. The van der Waals surface area contributed by atoms with Gasteiger partial charge in [-0.3, -0.25) is 0 Å². The topological polar surface area (TPSA) is 59.2 Å². The van der Waals surface area contributed by atoms with Crippen LogP contribution in [0.15, 0.2) is 45.4 Å². The minimum Gasteiger partial charge on any atom is -0.507 e. The van der Waals surface area contributed by atoms with Gasteiger partial charge < -0.3 is 9.63 Å². The first-order chi connectivity index (χ1) is 10.0. The van der Waals surface area contributed by atoms with Gasteiger partial charge in [0, 0.05) is 10.0 Å². The lowest BCUT2D eigenvalue weighted by Gasteiger charge is -2.00. The highest BCUT2D eigenvalue weighted by molar-refractivity contribution is 9.10. The van der Waals surface area contributed by atoms with Crippen LogP contribution in [0.3, 0.4) is 0 Å². The number of nitrogens with zero attached hydrogens (tertiary/aromatic N) is 2. The molecule has 1 heterocycles. The molecule has 5 heteroatoms. The number of aromatic hydroxyl groups is 1. The quantitative estimate of drug-likeness (QED) is 0.744. The summed E-state index contributed by atoms with van der Waals surface area (Å²) in [4.78, 5) is 4.36. The Bertz CT molecular complexity index is 812. The molecule has 0 atom stereocenters. The lowest BCUT2D eigenvalue weighted by atomic mass is 10.1. The molecular formula is C16H13BrN2O2. The zero-order valence-electron chi connectivity index (χ0n) is 11.6. The van der Waals surface area contributed by atoms with Gasteiger partial charge in [-0.15, -0.1) is 0 Å². The summed E-state index contributed by atoms with van der Waals surface area (Å²) < 4.78 is 6.27. The van der Waals surface area contributed by atoms with Gasteiger partial charge in [0.1, 0.15) is 5.75 Å². The third-order valence-electron chi connectivity index (χ3n) is 3.24. The van der Waals surface area contributed by atoms with E-state index in [2.05, 4.69) is 26.1 Å². The Morgan fingerprint density at radius 3 is 2.67 bits per heavy atom. The van der Waals surface area contributed by atoms with Crippen molar-refractivity contribution in [3.8, 4) is 28.6 Å². The lowest BCUT2D eigenvalue weighted by Crippen LogP contribution is -1.84. The summed E-state index contributed by atoms with van der Waals surface area (Å²) in [7, 11) is 0. The summed E-state index contributed by atoms with van der Waals surface area (Å²) in [5.74, 6) is 0.926. The van der Waals surface area contributed by atoms with E-state index < -0.39 is 0 Å². The molecule has 0 saturated heterocycles. The summed E-state index contributed by atoms with van der Waals surface area (Å²) in [5, 5.41) is 13.9. The molecule has 0 radical (unpaired) electrons. The number of hydrogen-bond acceptors (Lipinski definition) is 4. The van der Waals surface area contributed by atoms with Crippen molar-refractivity contribution < 1.29 is 9.63 Å². The van der Waals surface area contributed by atoms with Crippen LogP contribution in [-0.4, -0.2) is 15.2 Å². The Kier molecular flexibility index (Phi) is 3.51. The molecule has 0 aliphatic heterocycles. The second-order valence-corrected chi connectivity index (χ2v) is 5.76. The summed E-state index contributed by atoms with van der Waals surface area (Å²) in [6, 6.07) is 11.1. The highest BCUT2D eigenvalue weighted by Gasteiger charge is 2.14. The predicted octanol–water partition coefficient (Wildman–Crippen LogP) is 4.49. The Balaban J connectivity index is 2.03. The van der Waals surface area contributed by atoms with E-state index in [0.717, 1.165) is 21.2 Å². The SMILES string of the molecule is Cc1ccc(O)c(-c2nc(-c3ccc(C)c(Br)c3)no2)c1. The van der Waals surface area contributed by atoms with Crippen molar-refractivity contribution in [1.29, 1.82) is 0 Å².